The van der Waals surface area contributed by atoms with Gasteiger partial charge in [-0.3, -0.25) is 14.6 Å². The average molecular weight is 440 g/mol. The van der Waals surface area contributed by atoms with Gasteiger partial charge < -0.3 is 9.80 Å². The Labute approximate surface area is 195 Å². The molecule has 0 aliphatic carbocycles. The standard InChI is InChI=1S/C28H29N3O2/c1-19-15-22(20-9-4-3-5-10-20)16-25(29-19)21-11-8-14-31(18-21)27(32)17-24-23-12-6-7-13-26(23)30(2)28(24)33/h3-7,9-10,12-13,15-16,21,24H,8,11,14,17-18H2,1-2H3. The van der Waals surface area contributed by atoms with Crippen LogP contribution < -0.4 is 4.90 Å². The first-order valence-electron chi connectivity index (χ1n) is 11.7. The fourth-order valence-electron chi connectivity index (χ4n) is 5.22. The van der Waals surface area contributed by atoms with E-state index < -0.39 is 0 Å². The number of likely N-dealkylation sites (N-methyl/N-ethyl adjacent to an activating group) is 1. The molecule has 0 radical (unpaired) electrons. The van der Waals surface area contributed by atoms with E-state index in [1.807, 2.05) is 54.3 Å². The van der Waals surface area contributed by atoms with Gasteiger partial charge in [0.25, 0.3) is 0 Å². The fraction of sp³-hybridized carbons (Fsp3) is 0.321. The molecule has 1 fully saturated rings. The molecule has 3 aromatic rings. The van der Waals surface area contributed by atoms with Crippen molar-refractivity contribution >= 4 is 17.5 Å². The Bertz CT molecular complexity index is 1190. The van der Waals surface area contributed by atoms with Crippen LogP contribution in [0.4, 0.5) is 5.69 Å². The van der Waals surface area contributed by atoms with Crippen molar-refractivity contribution in [1.29, 1.82) is 0 Å². The third-order valence-corrected chi connectivity index (χ3v) is 6.95. The minimum absolute atomic E-state index is 0.00552. The number of aryl methyl sites for hydroxylation is 1. The van der Waals surface area contributed by atoms with E-state index in [4.69, 9.17) is 4.98 Å². The highest BCUT2D eigenvalue weighted by molar-refractivity contribution is 6.06. The van der Waals surface area contributed by atoms with E-state index in [1.54, 1.807) is 11.9 Å². The van der Waals surface area contributed by atoms with Crippen LogP contribution in [0.5, 0.6) is 0 Å². The highest BCUT2D eigenvalue weighted by atomic mass is 16.2. The summed E-state index contributed by atoms with van der Waals surface area (Å²) in [6.07, 6.45) is 2.19. The van der Waals surface area contributed by atoms with Crippen molar-refractivity contribution in [3.8, 4) is 11.1 Å². The average Bonchev–Trinajstić information content (AvgIpc) is 3.09. The van der Waals surface area contributed by atoms with Gasteiger partial charge in [0, 0.05) is 49.6 Å². The normalized spacial score (nSPS) is 20.1. The lowest BCUT2D eigenvalue weighted by atomic mass is 9.91. The predicted octanol–water partition coefficient (Wildman–Crippen LogP) is 4.91. The van der Waals surface area contributed by atoms with Crippen LogP contribution in [0.25, 0.3) is 11.1 Å². The number of hydrogen-bond donors (Lipinski definition) is 0. The van der Waals surface area contributed by atoms with E-state index in [-0.39, 0.29) is 30.1 Å². The van der Waals surface area contributed by atoms with Crippen LogP contribution in [0.15, 0.2) is 66.7 Å². The van der Waals surface area contributed by atoms with Gasteiger partial charge in [-0.25, -0.2) is 0 Å². The number of hydrogen-bond acceptors (Lipinski definition) is 3. The third-order valence-electron chi connectivity index (χ3n) is 6.95. The first kappa shape index (κ1) is 21.4. The fourth-order valence-corrected chi connectivity index (χ4v) is 5.22. The van der Waals surface area contributed by atoms with Gasteiger partial charge in [-0.1, -0.05) is 48.5 Å². The molecule has 0 spiro atoms. The number of anilines is 1. The highest BCUT2D eigenvalue weighted by Crippen LogP contribution is 2.39. The number of aromatic nitrogens is 1. The Morgan fingerprint density at radius 2 is 1.79 bits per heavy atom. The van der Waals surface area contributed by atoms with Gasteiger partial charge >= 0.3 is 0 Å². The smallest absolute Gasteiger partial charge is 0.234 e. The zero-order valence-corrected chi connectivity index (χ0v) is 19.2. The number of rotatable bonds is 4. The number of nitrogens with zero attached hydrogens (tertiary/aromatic N) is 3. The number of fused-ring (bicyclic) bond motifs is 1. The second-order valence-corrected chi connectivity index (χ2v) is 9.18. The number of para-hydroxylation sites is 1. The molecule has 33 heavy (non-hydrogen) atoms. The molecule has 2 atom stereocenters. The second kappa shape index (κ2) is 8.81. The van der Waals surface area contributed by atoms with Gasteiger partial charge in [0.05, 0.1) is 5.92 Å². The first-order valence-corrected chi connectivity index (χ1v) is 11.7. The van der Waals surface area contributed by atoms with E-state index >= 15 is 0 Å². The maximum absolute atomic E-state index is 13.3. The molecular weight excluding hydrogens is 410 g/mol. The molecule has 5 rings (SSSR count). The molecule has 3 heterocycles. The van der Waals surface area contributed by atoms with Gasteiger partial charge in [-0.05, 0) is 54.7 Å². The summed E-state index contributed by atoms with van der Waals surface area (Å²) >= 11 is 0. The number of likely N-dealkylation sites (tertiary alicyclic amines) is 1. The zero-order chi connectivity index (χ0) is 22.9. The number of benzene rings is 2. The van der Waals surface area contributed by atoms with Crippen molar-refractivity contribution in [2.24, 2.45) is 0 Å². The summed E-state index contributed by atoms with van der Waals surface area (Å²) in [5.74, 6) is -0.120. The highest BCUT2D eigenvalue weighted by Gasteiger charge is 2.37. The molecule has 2 unspecified atom stereocenters. The Morgan fingerprint density at radius 3 is 2.61 bits per heavy atom. The van der Waals surface area contributed by atoms with Crippen molar-refractivity contribution < 1.29 is 9.59 Å². The number of carbonyl (C=O) groups is 2. The molecule has 5 heteroatoms. The van der Waals surface area contributed by atoms with Crippen molar-refractivity contribution in [1.82, 2.24) is 9.88 Å². The largest absolute Gasteiger partial charge is 0.342 e. The van der Waals surface area contributed by atoms with Crippen LogP contribution in [-0.4, -0.2) is 41.8 Å². The Morgan fingerprint density at radius 1 is 1.03 bits per heavy atom. The topological polar surface area (TPSA) is 53.5 Å². The summed E-state index contributed by atoms with van der Waals surface area (Å²) in [5, 5.41) is 0. The van der Waals surface area contributed by atoms with Gasteiger partial charge in [0.2, 0.25) is 11.8 Å². The number of piperidine rings is 1. The molecule has 1 aromatic heterocycles. The van der Waals surface area contributed by atoms with Crippen molar-refractivity contribution in [3.63, 3.8) is 0 Å². The molecule has 2 aromatic carbocycles. The molecule has 0 bridgehead atoms. The molecule has 168 valence electrons. The molecule has 2 amide bonds. The van der Waals surface area contributed by atoms with Crippen LogP contribution in [0, 0.1) is 6.92 Å². The predicted molar refractivity (Wildman–Crippen MR) is 130 cm³/mol. The Hall–Kier alpha value is -3.47. The van der Waals surface area contributed by atoms with Gasteiger partial charge in [0.1, 0.15) is 0 Å². The monoisotopic (exact) mass is 439 g/mol. The molecule has 0 saturated carbocycles. The summed E-state index contributed by atoms with van der Waals surface area (Å²) in [6, 6.07) is 22.4. The Kier molecular flexibility index (Phi) is 5.71. The molecular formula is C28H29N3O2. The van der Waals surface area contributed by atoms with Gasteiger partial charge in [-0.15, -0.1) is 0 Å². The summed E-state index contributed by atoms with van der Waals surface area (Å²) in [4.78, 5) is 34.6. The van der Waals surface area contributed by atoms with Gasteiger partial charge in [-0.2, -0.15) is 0 Å². The van der Waals surface area contributed by atoms with E-state index in [0.717, 1.165) is 47.6 Å². The van der Waals surface area contributed by atoms with E-state index in [0.29, 0.717) is 6.54 Å². The summed E-state index contributed by atoms with van der Waals surface area (Å²) < 4.78 is 0. The Balaban J connectivity index is 1.33. The molecule has 2 aliphatic heterocycles. The molecule has 5 nitrogen and oxygen atoms in total. The van der Waals surface area contributed by atoms with Crippen molar-refractivity contribution in [2.75, 3.05) is 25.0 Å². The van der Waals surface area contributed by atoms with Crippen molar-refractivity contribution in [2.45, 2.75) is 38.0 Å². The van der Waals surface area contributed by atoms with Crippen molar-refractivity contribution in [3.05, 3.63) is 83.7 Å². The van der Waals surface area contributed by atoms with Crippen LogP contribution in [0.3, 0.4) is 0 Å². The van der Waals surface area contributed by atoms with Crippen LogP contribution in [0.1, 0.15) is 48.0 Å². The van der Waals surface area contributed by atoms with E-state index in [2.05, 4.69) is 24.3 Å². The number of carbonyl (C=O) groups excluding carboxylic acids is 2. The van der Waals surface area contributed by atoms with Crippen LogP contribution in [0.2, 0.25) is 0 Å². The second-order valence-electron chi connectivity index (χ2n) is 9.18. The SMILES string of the molecule is Cc1cc(-c2ccccc2)cc(C2CCCN(C(=O)CC3C(=O)N(C)c4ccccc43)C2)n1. The lowest BCUT2D eigenvalue weighted by Gasteiger charge is -2.33. The maximum Gasteiger partial charge on any atom is 0.234 e. The molecule has 0 N–H and O–H groups in total. The molecule has 1 saturated heterocycles. The maximum atomic E-state index is 13.3. The number of pyridine rings is 1. The first-order chi connectivity index (χ1) is 16.0. The quantitative estimate of drug-likeness (QED) is 0.580. The third kappa shape index (κ3) is 4.15. The van der Waals surface area contributed by atoms with Gasteiger partial charge in [0.15, 0.2) is 0 Å². The number of amides is 2. The van der Waals surface area contributed by atoms with E-state index in [1.165, 1.54) is 5.56 Å². The summed E-state index contributed by atoms with van der Waals surface area (Å²) in [5.41, 5.74) is 6.25. The molecule has 2 aliphatic rings. The lowest BCUT2D eigenvalue weighted by molar-refractivity contribution is -0.134. The van der Waals surface area contributed by atoms with E-state index in [9.17, 15) is 9.59 Å². The van der Waals surface area contributed by atoms with Crippen LogP contribution in [-0.2, 0) is 9.59 Å². The minimum atomic E-state index is -0.388. The van der Waals surface area contributed by atoms with Crippen LogP contribution >= 0.6 is 0 Å². The zero-order valence-electron chi connectivity index (χ0n) is 19.2. The minimum Gasteiger partial charge on any atom is -0.342 e. The summed E-state index contributed by atoms with van der Waals surface area (Å²) in [6.45, 7) is 3.42. The summed E-state index contributed by atoms with van der Waals surface area (Å²) in [7, 11) is 1.79. The lowest BCUT2D eigenvalue weighted by Crippen LogP contribution is -2.40.